The molecule has 1 aromatic rings. The van der Waals surface area contributed by atoms with Gasteiger partial charge in [0.25, 0.3) is 5.91 Å². The van der Waals surface area contributed by atoms with Crippen molar-refractivity contribution in [1.82, 2.24) is 15.1 Å². The first-order valence-electron chi connectivity index (χ1n) is 14.5. The molecule has 4 aliphatic heterocycles. The van der Waals surface area contributed by atoms with Crippen molar-refractivity contribution < 1.29 is 19.1 Å². The molecule has 6 rings (SSSR count). The van der Waals surface area contributed by atoms with Crippen LogP contribution < -0.4 is 10.2 Å². The van der Waals surface area contributed by atoms with Gasteiger partial charge in [-0.3, -0.25) is 19.7 Å². The predicted octanol–water partition coefficient (Wildman–Crippen LogP) is 3.23. The molecule has 1 unspecified atom stereocenters. The largest absolute Gasteiger partial charge is 0.375 e. The van der Waals surface area contributed by atoms with Gasteiger partial charge in [-0.05, 0) is 68.7 Å². The number of hydrogen-bond donors (Lipinski definition) is 1. The van der Waals surface area contributed by atoms with Crippen LogP contribution in [0.1, 0.15) is 86.6 Å². The molecular weight excluding hydrogens is 468 g/mol. The van der Waals surface area contributed by atoms with E-state index >= 15 is 0 Å². The highest BCUT2D eigenvalue weighted by atomic mass is 16.5. The molecule has 5 aliphatic rings. The number of fused-ring (bicyclic) bond motifs is 1. The van der Waals surface area contributed by atoms with Crippen LogP contribution in [-0.4, -0.2) is 78.0 Å². The molecule has 0 spiro atoms. The Hall–Kier alpha value is -2.45. The summed E-state index contributed by atoms with van der Waals surface area (Å²) in [6, 6.07) is 6.19. The Labute approximate surface area is 219 Å². The Balaban J connectivity index is 1.00. The van der Waals surface area contributed by atoms with E-state index in [0.29, 0.717) is 36.8 Å². The van der Waals surface area contributed by atoms with Crippen molar-refractivity contribution in [3.8, 4) is 0 Å². The molecule has 8 nitrogen and oxygen atoms in total. The summed E-state index contributed by atoms with van der Waals surface area (Å²) in [7, 11) is 0. The second kappa shape index (κ2) is 10.7. The van der Waals surface area contributed by atoms with E-state index in [-0.39, 0.29) is 24.1 Å². The van der Waals surface area contributed by atoms with Gasteiger partial charge in [0.05, 0.1) is 12.2 Å². The maximum absolute atomic E-state index is 13.0. The highest BCUT2D eigenvalue weighted by Gasteiger charge is 2.39. The van der Waals surface area contributed by atoms with Crippen molar-refractivity contribution in [3.63, 3.8) is 0 Å². The third kappa shape index (κ3) is 5.28. The minimum Gasteiger partial charge on any atom is -0.375 e. The average Bonchev–Trinajstić information content (AvgIpc) is 3.25. The van der Waals surface area contributed by atoms with Crippen molar-refractivity contribution in [3.05, 3.63) is 29.3 Å². The quantitative estimate of drug-likeness (QED) is 0.615. The van der Waals surface area contributed by atoms with Gasteiger partial charge in [-0.2, -0.15) is 0 Å². The van der Waals surface area contributed by atoms with Crippen LogP contribution >= 0.6 is 0 Å². The molecule has 4 fully saturated rings. The van der Waals surface area contributed by atoms with Crippen LogP contribution in [0.4, 0.5) is 5.69 Å². The van der Waals surface area contributed by atoms with Crippen molar-refractivity contribution in [2.75, 3.05) is 31.1 Å². The summed E-state index contributed by atoms with van der Waals surface area (Å²) in [5.74, 6) is -0.719. The van der Waals surface area contributed by atoms with Crippen molar-refractivity contribution in [2.24, 2.45) is 0 Å². The Morgan fingerprint density at radius 3 is 2.27 bits per heavy atom. The molecule has 0 bridgehead atoms. The number of carbonyl (C=O) groups excluding carboxylic acids is 3. The summed E-state index contributed by atoms with van der Waals surface area (Å²) in [5, 5.41) is 2.38. The summed E-state index contributed by atoms with van der Waals surface area (Å²) in [6.07, 6.45) is 12.8. The molecule has 3 amide bonds. The fourth-order valence-corrected chi connectivity index (χ4v) is 7.10. The second-order valence-corrected chi connectivity index (χ2v) is 11.6. The fraction of sp³-hybridized carbons (Fsp3) is 0.690. The first-order valence-corrected chi connectivity index (χ1v) is 14.5. The zero-order chi connectivity index (χ0) is 25.4. The first kappa shape index (κ1) is 24.9. The van der Waals surface area contributed by atoms with E-state index in [2.05, 4.69) is 27.2 Å². The summed E-state index contributed by atoms with van der Waals surface area (Å²) < 4.78 is 6.44. The maximum Gasteiger partial charge on any atom is 0.255 e. The molecule has 1 aromatic carbocycles. The third-order valence-corrected chi connectivity index (χ3v) is 9.27. The minimum absolute atomic E-state index is 0.106. The number of nitrogens with zero attached hydrogens (tertiary/aromatic N) is 3. The number of carbonyl (C=O) groups is 3. The number of anilines is 1. The van der Waals surface area contributed by atoms with Crippen LogP contribution in [0.25, 0.3) is 0 Å². The number of imide groups is 1. The van der Waals surface area contributed by atoms with E-state index in [1.54, 1.807) is 4.90 Å². The topological polar surface area (TPSA) is 82.2 Å². The lowest BCUT2D eigenvalue weighted by Crippen LogP contribution is -2.52. The van der Waals surface area contributed by atoms with Gasteiger partial charge in [0.1, 0.15) is 6.04 Å². The summed E-state index contributed by atoms with van der Waals surface area (Å²) in [5.41, 5.74) is 2.82. The maximum atomic E-state index is 13.0. The van der Waals surface area contributed by atoms with Crippen molar-refractivity contribution in [2.45, 2.75) is 101 Å². The lowest BCUT2D eigenvalue weighted by Gasteiger charge is -2.43. The fourth-order valence-electron chi connectivity index (χ4n) is 7.10. The van der Waals surface area contributed by atoms with Crippen LogP contribution in [0.5, 0.6) is 0 Å². The number of nitrogens with one attached hydrogen (secondary N) is 1. The van der Waals surface area contributed by atoms with Gasteiger partial charge in [-0.1, -0.05) is 19.3 Å². The van der Waals surface area contributed by atoms with E-state index in [4.69, 9.17) is 4.74 Å². The third-order valence-electron chi connectivity index (χ3n) is 9.27. The minimum atomic E-state index is -0.561. The molecule has 1 aliphatic carbocycles. The Morgan fingerprint density at radius 2 is 1.54 bits per heavy atom. The van der Waals surface area contributed by atoms with Gasteiger partial charge < -0.3 is 19.4 Å². The van der Waals surface area contributed by atoms with E-state index in [1.165, 1.54) is 44.9 Å². The second-order valence-electron chi connectivity index (χ2n) is 11.6. The molecule has 4 heterocycles. The number of amides is 3. The van der Waals surface area contributed by atoms with Crippen LogP contribution in [0.15, 0.2) is 18.2 Å². The number of hydrogen-bond acceptors (Lipinski definition) is 6. The Morgan fingerprint density at radius 1 is 0.811 bits per heavy atom. The van der Waals surface area contributed by atoms with E-state index in [0.717, 1.165) is 50.3 Å². The predicted molar refractivity (Wildman–Crippen MR) is 140 cm³/mol. The van der Waals surface area contributed by atoms with E-state index < -0.39 is 6.04 Å². The zero-order valence-corrected chi connectivity index (χ0v) is 21.8. The molecule has 1 saturated carbocycles. The number of piperidine rings is 3. The number of ether oxygens (including phenoxy) is 1. The van der Waals surface area contributed by atoms with Crippen molar-refractivity contribution >= 4 is 23.4 Å². The SMILES string of the molecule is O=C1CCC(N2Cc3cc(N4CCC(N5CCC(OC6CCCCC6)CC5)CC4)ccc3C2=O)C(=O)N1. The molecule has 1 N–H and O–H groups in total. The monoisotopic (exact) mass is 508 g/mol. The molecule has 0 aromatic heterocycles. The van der Waals surface area contributed by atoms with Gasteiger partial charge in [0.15, 0.2) is 0 Å². The zero-order valence-electron chi connectivity index (χ0n) is 21.8. The summed E-state index contributed by atoms with van der Waals surface area (Å²) in [4.78, 5) is 43.6. The molecule has 200 valence electrons. The van der Waals surface area contributed by atoms with Crippen molar-refractivity contribution in [1.29, 1.82) is 0 Å². The van der Waals surface area contributed by atoms with Crippen LogP contribution in [0.2, 0.25) is 0 Å². The lowest BCUT2D eigenvalue weighted by atomic mass is 9.96. The van der Waals surface area contributed by atoms with Gasteiger partial charge in [0, 0.05) is 56.4 Å². The van der Waals surface area contributed by atoms with E-state index in [1.807, 2.05) is 6.07 Å². The van der Waals surface area contributed by atoms with E-state index in [9.17, 15) is 14.4 Å². The molecule has 37 heavy (non-hydrogen) atoms. The number of rotatable bonds is 5. The van der Waals surface area contributed by atoms with Gasteiger partial charge >= 0.3 is 0 Å². The molecule has 8 heteroatoms. The normalized spacial score (nSPS) is 27.0. The van der Waals surface area contributed by atoms with Gasteiger partial charge in [-0.15, -0.1) is 0 Å². The highest BCUT2D eigenvalue weighted by Crippen LogP contribution is 2.33. The smallest absolute Gasteiger partial charge is 0.255 e. The number of benzene rings is 1. The van der Waals surface area contributed by atoms with Crippen LogP contribution in [0.3, 0.4) is 0 Å². The Bertz CT molecular complexity index is 1020. The molecule has 3 saturated heterocycles. The molecule has 0 radical (unpaired) electrons. The van der Waals surface area contributed by atoms with Crippen LogP contribution in [0, 0.1) is 0 Å². The number of likely N-dealkylation sites (tertiary alicyclic amines) is 1. The average molecular weight is 509 g/mol. The Kier molecular flexibility index (Phi) is 7.21. The molecule has 1 atom stereocenters. The van der Waals surface area contributed by atoms with Gasteiger partial charge in [0.2, 0.25) is 11.8 Å². The van der Waals surface area contributed by atoms with Crippen LogP contribution in [-0.2, 0) is 20.9 Å². The lowest BCUT2D eigenvalue weighted by molar-refractivity contribution is -0.136. The standard InChI is InChI=1S/C29H40N4O4/c34-27-9-8-26(28(35)30-27)33-19-20-18-22(6-7-25(20)29(33)36)32-14-10-21(11-15-32)31-16-12-24(13-17-31)37-23-4-2-1-3-5-23/h6-7,18,21,23-24,26H,1-5,8-17,19H2,(H,30,34,35). The van der Waals surface area contributed by atoms with Gasteiger partial charge in [-0.25, -0.2) is 0 Å². The summed E-state index contributed by atoms with van der Waals surface area (Å²) in [6.45, 7) is 4.78. The summed E-state index contributed by atoms with van der Waals surface area (Å²) >= 11 is 0. The molecular formula is C29H40N4O4. The highest BCUT2D eigenvalue weighted by molar-refractivity contribution is 6.05. The first-order chi connectivity index (χ1) is 18.0.